The maximum atomic E-state index is 12.7. The lowest BCUT2D eigenvalue weighted by molar-refractivity contribution is 0.0967. The van der Waals surface area contributed by atoms with Gasteiger partial charge >= 0.3 is 6.03 Å². The summed E-state index contributed by atoms with van der Waals surface area (Å²) in [6.07, 6.45) is 3.90. The van der Waals surface area contributed by atoms with E-state index in [-0.39, 0.29) is 18.0 Å². The van der Waals surface area contributed by atoms with Crippen molar-refractivity contribution in [3.63, 3.8) is 0 Å². The molecule has 2 heterocycles. The molecule has 1 aliphatic heterocycles. The van der Waals surface area contributed by atoms with E-state index in [0.29, 0.717) is 4.88 Å². The average Bonchev–Trinajstić information content (AvgIpc) is 3.30. The monoisotopic (exact) mass is 375 g/mol. The molecule has 1 aromatic heterocycles. The van der Waals surface area contributed by atoms with Crippen LogP contribution in [0.2, 0.25) is 0 Å². The summed E-state index contributed by atoms with van der Waals surface area (Å²) in [5.41, 5.74) is 0.805. The van der Waals surface area contributed by atoms with Crippen molar-refractivity contribution in [1.82, 2.24) is 10.2 Å². The Balaban J connectivity index is 1.73. The fourth-order valence-corrected chi connectivity index (χ4v) is 4.54. The third kappa shape index (κ3) is 3.99. The molecular formula is C18H21N3O2S2. The van der Waals surface area contributed by atoms with Gasteiger partial charge in [-0.1, -0.05) is 6.07 Å². The predicted molar refractivity (Wildman–Crippen MR) is 104 cm³/mol. The minimum absolute atomic E-state index is 0.0344. The van der Waals surface area contributed by atoms with Crippen molar-refractivity contribution in [3.05, 3.63) is 46.2 Å². The Hall–Kier alpha value is -1.99. The van der Waals surface area contributed by atoms with Gasteiger partial charge in [0.1, 0.15) is 0 Å². The van der Waals surface area contributed by atoms with E-state index < -0.39 is 0 Å². The first-order valence-electron chi connectivity index (χ1n) is 8.16. The number of thioether (sulfide) groups is 1. The van der Waals surface area contributed by atoms with Crippen molar-refractivity contribution in [3.8, 4) is 0 Å². The first-order valence-corrected chi connectivity index (χ1v) is 10.2. The number of benzene rings is 1. The van der Waals surface area contributed by atoms with Gasteiger partial charge in [0.2, 0.25) is 0 Å². The zero-order valence-electron chi connectivity index (χ0n) is 14.2. The van der Waals surface area contributed by atoms with Crippen LogP contribution in [-0.4, -0.2) is 36.7 Å². The number of carbonyl (C=O) groups is 2. The maximum absolute atomic E-state index is 12.7. The number of rotatable bonds is 4. The second kappa shape index (κ2) is 7.93. The topological polar surface area (TPSA) is 61.4 Å². The van der Waals surface area contributed by atoms with Crippen LogP contribution in [0.3, 0.4) is 0 Å². The van der Waals surface area contributed by atoms with Crippen molar-refractivity contribution in [1.29, 1.82) is 0 Å². The van der Waals surface area contributed by atoms with Crippen LogP contribution in [0.4, 0.5) is 10.5 Å². The number of amides is 3. The molecule has 1 aromatic carbocycles. The van der Waals surface area contributed by atoms with Crippen LogP contribution in [0.5, 0.6) is 0 Å². The molecule has 0 radical (unpaired) electrons. The van der Waals surface area contributed by atoms with E-state index in [9.17, 15) is 9.59 Å². The smallest absolute Gasteiger partial charge is 0.322 e. The van der Waals surface area contributed by atoms with Gasteiger partial charge in [-0.2, -0.15) is 0 Å². The molecule has 0 saturated carbocycles. The number of carbonyl (C=O) groups excluding carboxylic acids is 2. The SMILES string of the molecule is CNC(=O)c1ccc(C2CCCN2C(=O)Nc2cccc(SC)c2)s1. The molecule has 1 saturated heterocycles. The molecule has 0 aliphatic carbocycles. The fourth-order valence-electron chi connectivity index (χ4n) is 2.98. The number of hydrogen-bond acceptors (Lipinski definition) is 4. The molecule has 1 fully saturated rings. The van der Waals surface area contributed by atoms with E-state index in [0.717, 1.165) is 34.8 Å². The Morgan fingerprint density at radius 2 is 2.12 bits per heavy atom. The highest BCUT2D eigenvalue weighted by molar-refractivity contribution is 7.98. The summed E-state index contributed by atoms with van der Waals surface area (Å²) in [7, 11) is 1.62. The van der Waals surface area contributed by atoms with Gasteiger partial charge in [-0.25, -0.2) is 4.79 Å². The molecule has 132 valence electrons. The molecule has 3 rings (SSSR count). The van der Waals surface area contributed by atoms with E-state index in [4.69, 9.17) is 0 Å². The molecular weight excluding hydrogens is 354 g/mol. The van der Waals surface area contributed by atoms with Gasteiger partial charge < -0.3 is 15.5 Å². The van der Waals surface area contributed by atoms with Crippen molar-refractivity contribution in [2.24, 2.45) is 0 Å². The second-order valence-corrected chi connectivity index (χ2v) is 7.79. The predicted octanol–water partition coefficient (Wildman–Crippen LogP) is 4.20. The van der Waals surface area contributed by atoms with E-state index >= 15 is 0 Å². The minimum Gasteiger partial charge on any atom is -0.354 e. The summed E-state index contributed by atoms with van der Waals surface area (Å²) in [6.45, 7) is 0.728. The van der Waals surface area contributed by atoms with Crippen LogP contribution in [-0.2, 0) is 0 Å². The average molecular weight is 376 g/mol. The fraction of sp³-hybridized carbons (Fsp3) is 0.333. The highest BCUT2D eigenvalue weighted by Gasteiger charge is 2.31. The Morgan fingerprint density at radius 3 is 2.88 bits per heavy atom. The van der Waals surface area contributed by atoms with Crippen LogP contribution in [0, 0.1) is 0 Å². The Labute approximate surface area is 155 Å². The number of urea groups is 1. The number of anilines is 1. The number of nitrogens with one attached hydrogen (secondary N) is 2. The quantitative estimate of drug-likeness (QED) is 0.788. The summed E-state index contributed by atoms with van der Waals surface area (Å²) in [5, 5.41) is 5.64. The first kappa shape index (κ1) is 17.8. The van der Waals surface area contributed by atoms with E-state index in [2.05, 4.69) is 10.6 Å². The molecule has 1 aliphatic rings. The van der Waals surface area contributed by atoms with E-state index in [1.54, 1.807) is 18.8 Å². The van der Waals surface area contributed by atoms with Crippen LogP contribution in [0.1, 0.15) is 33.4 Å². The van der Waals surface area contributed by atoms with Crippen LogP contribution in [0.25, 0.3) is 0 Å². The summed E-state index contributed by atoms with van der Waals surface area (Å²) >= 11 is 3.11. The van der Waals surface area contributed by atoms with Gasteiger partial charge in [0, 0.05) is 29.1 Å². The highest BCUT2D eigenvalue weighted by Crippen LogP contribution is 2.36. The van der Waals surface area contributed by atoms with Crippen LogP contribution in [0.15, 0.2) is 41.3 Å². The molecule has 3 amide bonds. The molecule has 1 atom stereocenters. The molecule has 1 unspecified atom stereocenters. The molecule has 0 bridgehead atoms. The largest absolute Gasteiger partial charge is 0.354 e. The molecule has 0 spiro atoms. The lowest BCUT2D eigenvalue weighted by Gasteiger charge is -2.24. The van der Waals surface area contributed by atoms with E-state index in [1.807, 2.05) is 47.6 Å². The van der Waals surface area contributed by atoms with Gasteiger partial charge in [-0.3, -0.25) is 4.79 Å². The van der Waals surface area contributed by atoms with Gasteiger partial charge in [0.05, 0.1) is 10.9 Å². The maximum Gasteiger partial charge on any atom is 0.322 e. The Kier molecular flexibility index (Phi) is 5.65. The van der Waals surface area contributed by atoms with Gasteiger partial charge in [-0.15, -0.1) is 23.1 Å². The highest BCUT2D eigenvalue weighted by atomic mass is 32.2. The lowest BCUT2D eigenvalue weighted by Crippen LogP contribution is -2.34. The minimum atomic E-state index is -0.0874. The van der Waals surface area contributed by atoms with Crippen molar-refractivity contribution < 1.29 is 9.59 Å². The van der Waals surface area contributed by atoms with Gasteiger partial charge in [0.25, 0.3) is 5.91 Å². The lowest BCUT2D eigenvalue weighted by atomic mass is 10.2. The normalized spacial score (nSPS) is 16.7. The zero-order chi connectivity index (χ0) is 17.8. The summed E-state index contributed by atoms with van der Waals surface area (Å²) in [5.74, 6) is -0.0841. The number of likely N-dealkylation sites (tertiary alicyclic amines) is 1. The van der Waals surface area contributed by atoms with Crippen molar-refractivity contribution in [2.75, 3.05) is 25.2 Å². The number of hydrogen-bond donors (Lipinski definition) is 2. The summed E-state index contributed by atoms with van der Waals surface area (Å²) in [4.78, 5) is 29.2. The number of thiophene rings is 1. The van der Waals surface area contributed by atoms with Crippen LogP contribution >= 0.6 is 23.1 Å². The second-order valence-electron chi connectivity index (χ2n) is 5.79. The standard InChI is InChI=1S/C18H21N3O2S2/c1-19-17(22)16-9-8-15(25-16)14-7-4-10-21(14)18(23)20-12-5-3-6-13(11-12)24-2/h3,5-6,8-9,11,14H,4,7,10H2,1-2H3,(H,19,22)(H,20,23). The van der Waals surface area contributed by atoms with Crippen LogP contribution < -0.4 is 10.6 Å². The zero-order valence-corrected chi connectivity index (χ0v) is 15.9. The summed E-state index contributed by atoms with van der Waals surface area (Å²) in [6, 6.07) is 11.6. The van der Waals surface area contributed by atoms with Gasteiger partial charge in [0.15, 0.2) is 0 Å². The van der Waals surface area contributed by atoms with Crippen molar-refractivity contribution in [2.45, 2.75) is 23.8 Å². The third-order valence-corrected chi connectivity index (χ3v) is 6.15. The molecule has 7 heteroatoms. The Bertz CT molecular complexity index is 775. The number of nitrogens with zero attached hydrogens (tertiary/aromatic N) is 1. The molecule has 2 N–H and O–H groups in total. The first-order chi connectivity index (χ1) is 12.1. The molecule has 25 heavy (non-hydrogen) atoms. The molecule has 5 nitrogen and oxygen atoms in total. The van der Waals surface area contributed by atoms with Gasteiger partial charge in [-0.05, 0) is 49.4 Å². The van der Waals surface area contributed by atoms with E-state index in [1.165, 1.54) is 11.3 Å². The third-order valence-electron chi connectivity index (χ3n) is 4.24. The van der Waals surface area contributed by atoms with Crippen molar-refractivity contribution >= 4 is 40.7 Å². The summed E-state index contributed by atoms with van der Waals surface area (Å²) < 4.78 is 0. The Morgan fingerprint density at radius 1 is 1.28 bits per heavy atom. The molecule has 2 aromatic rings.